The Labute approximate surface area is 251 Å². The van der Waals surface area contributed by atoms with E-state index in [1.807, 2.05) is 92.4 Å². The van der Waals surface area contributed by atoms with E-state index in [-0.39, 0.29) is 24.4 Å². The van der Waals surface area contributed by atoms with Crippen molar-refractivity contribution in [1.29, 1.82) is 0 Å². The van der Waals surface area contributed by atoms with E-state index in [1.165, 1.54) is 5.56 Å². The zero-order valence-corrected chi connectivity index (χ0v) is 24.9. The number of H-pyrrole nitrogens is 1. The fourth-order valence-corrected chi connectivity index (χ4v) is 5.44. The molecule has 5 rings (SSSR count). The average molecular weight is 592 g/mol. The van der Waals surface area contributed by atoms with E-state index in [2.05, 4.69) is 10.3 Å². The lowest BCUT2D eigenvalue weighted by Gasteiger charge is -2.38. The van der Waals surface area contributed by atoms with Crippen molar-refractivity contribution >= 4 is 28.4 Å². The first-order valence-electron chi connectivity index (χ1n) is 14.3. The number of hydrogen-bond acceptors (Lipinski definition) is 6. The number of nitrogens with one attached hydrogen (secondary N) is 2. The Kier molecular flexibility index (Phi) is 9.38. The summed E-state index contributed by atoms with van der Waals surface area (Å²) >= 11 is 6.34. The zero-order valence-electron chi connectivity index (χ0n) is 24.1. The van der Waals surface area contributed by atoms with Crippen LogP contribution in [0.4, 0.5) is 0 Å². The summed E-state index contributed by atoms with van der Waals surface area (Å²) < 4.78 is 11.9. The molecule has 222 valence electrons. The van der Waals surface area contributed by atoms with Crippen LogP contribution in [0.3, 0.4) is 0 Å². The maximum Gasteiger partial charge on any atom is 0.260 e. The SMILES string of the molecule is Cc1ccc(OC(O)N2CCc3c([nH]c4ccc(Cl)cc34)[C@@H]2c2ccc(OCCC(O)CNC(=O)C(C)C)cc2)cc1. The van der Waals surface area contributed by atoms with Crippen LogP contribution in [0.5, 0.6) is 11.5 Å². The second-order valence-corrected chi connectivity index (χ2v) is 11.6. The summed E-state index contributed by atoms with van der Waals surface area (Å²) in [5.74, 6) is 1.05. The highest BCUT2D eigenvalue weighted by molar-refractivity contribution is 6.31. The lowest BCUT2D eigenvalue weighted by Crippen LogP contribution is -2.46. The fraction of sp³-hybridized carbons (Fsp3) is 0.364. The summed E-state index contributed by atoms with van der Waals surface area (Å²) in [6, 6.07) is 20.9. The molecule has 0 aliphatic carbocycles. The quantitative estimate of drug-likeness (QED) is 0.176. The molecule has 42 heavy (non-hydrogen) atoms. The molecule has 0 bridgehead atoms. The fourth-order valence-electron chi connectivity index (χ4n) is 5.27. The third-order valence-electron chi connectivity index (χ3n) is 7.62. The molecule has 2 unspecified atom stereocenters. The van der Waals surface area contributed by atoms with Gasteiger partial charge in [0.25, 0.3) is 6.41 Å². The summed E-state index contributed by atoms with van der Waals surface area (Å²) in [6.45, 7) is 6.72. The normalized spacial score (nSPS) is 16.7. The summed E-state index contributed by atoms with van der Waals surface area (Å²) in [5, 5.41) is 26.0. The Morgan fingerprint density at radius 1 is 1.07 bits per heavy atom. The number of fused-ring (bicyclic) bond motifs is 3. The number of aryl methyl sites for hydroxylation is 1. The topological polar surface area (TPSA) is 107 Å². The van der Waals surface area contributed by atoms with Crippen LogP contribution < -0.4 is 14.8 Å². The van der Waals surface area contributed by atoms with Gasteiger partial charge in [0.1, 0.15) is 11.5 Å². The van der Waals surface area contributed by atoms with Crippen LogP contribution in [0.15, 0.2) is 66.7 Å². The van der Waals surface area contributed by atoms with Gasteiger partial charge in [-0.25, -0.2) is 4.90 Å². The van der Waals surface area contributed by atoms with Gasteiger partial charge < -0.3 is 30.0 Å². The summed E-state index contributed by atoms with van der Waals surface area (Å²) in [5.41, 5.74) is 5.24. The van der Waals surface area contributed by atoms with E-state index in [0.717, 1.165) is 34.1 Å². The molecule has 8 nitrogen and oxygen atoms in total. The number of carbonyl (C=O) groups is 1. The predicted octanol–water partition coefficient (Wildman–Crippen LogP) is 5.33. The lowest BCUT2D eigenvalue weighted by atomic mass is 9.92. The van der Waals surface area contributed by atoms with Crippen molar-refractivity contribution in [1.82, 2.24) is 15.2 Å². The third kappa shape index (κ3) is 6.90. The molecule has 4 N–H and O–H groups in total. The Bertz CT molecular complexity index is 1500. The number of nitrogens with zero attached hydrogens (tertiary/aromatic N) is 1. The van der Waals surface area contributed by atoms with E-state index in [0.29, 0.717) is 36.1 Å². The van der Waals surface area contributed by atoms with Crippen LogP contribution in [-0.2, 0) is 11.2 Å². The van der Waals surface area contributed by atoms with Gasteiger partial charge in [0.15, 0.2) is 0 Å². The molecule has 1 aliphatic heterocycles. The molecule has 0 saturated carbocycles. The molecule has 0 spiro atoms. The molecule has 0 radical (unpaired) electrons. The molecule has 1 aliphatic rings. The van der Waals surface area contributed by atoms with Crippen LogP contribution in [0.2, 0.25) is 5.02 Å². The van der Waals surface area contributed by atoms with Gasteiger partial charge in [-0.1, -0.05) is 55.3 Å². The van der Waals surface area contributed by atoms with Crippen LogP contribution in [0.1, 0.15) is 48.7 Å². The smallest absolute Gasteiger partial charge is 0.260 e. The Balaban J connectivity index is 1.33. The molecule has 3 atom stereocenters. The van der Waals surface area contributed by atoms with Gasteiger partial charge in [0.05, 0.1) is 18.8 Å². The van der Waals surface area contributed by atoms with Gasteiger partial charge in [0, 0.05) is 47.0 Å². The number of rotatable bonds is 11. The van der Waals surface area contributed by atoms with Gasteiger partial charge in [-0.15, -0.1) is 0 Å². The first-order valence-corrected chi connectivity index (χ1v) is 14.7. The monoisotopic (exact) mass is 591 g/mol. The number of carbonyl (C=O) groups excluding carboxylic acids is 1. The Morgan fingerprint density at radius 2 is 1.79 bits per heavy atom. The maximum atomic E-state index is 11.7. The number of amides is 1. The number of aromatic nitrogens is 1. The van der Waals surface area contributed by atoms with Crippen LogP contribution in [0.25, 0.3) is 10.9 Å². The van der Waals surface area contributed by atoms with Crippen molar-refractivity contribution in [3.8, 4) is 11.5 Å². The lowest BCUT2D eigenvalue weighted by molar-refractivity contribution is -0.150. The van der Waals surface area contributed by atoms with Crippen molar-refractivity contribution in [3.05, 3.63) is 94.1 Å². The van der Waals surface area contributed by atoms with E-state index in [4.69, 9.17) is 21.1 Å². The molecule has 0 saturated heterocycles. The highest BCUT2D eigenvalue weighted by Crippen LogP contribution is 2.40. The molecule has 0 fully saturated rings. The Hall–Kier alpha value is -3.56. The van der Waals surface area contributed by atoms with E-state index >= 15 is 0 Å². The largest absolute Gasteiger partial charge is 0.493 e. The van der Waals surface area contributed by atoms with Gasteiger partial charge in [-0.2, -0.15) is 0 Å². The minimum absolute atomic E-state index is 0.0853. The van der Waals surface area contributed by atoms with Crippen molar-refractivity contribution in [2.45, 2.75) is 52.2 Å². The van der Waals surface area contributed by atoms with Crippen molar-refractivity contribution < 1.29 is 24.5 Å². The van der Waals surface area contributed by atoms with Crippen molar-refractivity contribution in [2.75, 3.05) is 19.7 Å². The summed E-state index contributed by atoms with van der Waals surface area (Å²) in [6.07, 6.45) is -0.747. The van der Waals surface area contributed by atoms with Crippen LogP contribution in [0, 0.1) is 12.8 Å². The highest BCUT2D eigenvalue weighted by atomic mass is 35.5. The number of halogens is 1. The molecule has 1 aromatic heterocycles. The molecule has 2 heterocycles. The number of hydrogen-bond donors (Lipinski definition) is 4. The predicted molar refractivity (Wildman–Crippen MR) is 164 cm³/mol. The first kappa shape index (κ1) is 29.9. The minimum atomic E-state index is -1.17. The van der Waals surface area contributed by atoms with Gasteiger partial charge in [0.2, 0.25) is 5.91 Å². The maximum absolute atomic E-state index is 11.7. The summed E-state index contributed by atoms with van der Waals surface area (Å²) in [4.78, 5) is 17.2. The standard InChI is InChI=1S/C33H38ClN3O5/c1-20(2)32(39)35-19-24(38)15-17-41-25-11-6-22(7-12-25)31-30-27(28-18-23(34)8-13-29(28)36-30)14-16-37(31)33(40)42-26-9-4-21(3)5-10-26/h4-13,18,20,24,31,33,36,38,40H,14-17,19H2,1-3H3,(H,35,39)/t24?,31-,33?/m0/s1. The van der Waals surface area contributed by atoms with Gasteiger partial charge in [-0.05, 0) is 66.9 Å². The van der Waals surface area contributed by atoms with Crippen molar-refractivity contribution in [3.63, 3.8) is 0 Å². The van der Waals surface area contributed by atoms with Crippen molar-refractivity contribution in [2.24, 2.45) is 5.92 Å². The molecular formula is C33H38ClN3O5. The molecule has 1 amide bonds. The second-order valence-electron chi connectivity index (χ2n) is 11.1. The number of aliphatic hydroxyl groups excluding tert-OH is 2. The molecular weight excluding hydrogens is 554 g/mol. The van der Waals surface area contributed by atoms with Crippen LogP contribution in [-0.4, -0.2) is 58.2 Å². The van der Waals surface area contributed by atoms with Gasteiger partial charge >= 0.3 is 0 Å². The zero-order chi connectivity index (χ0) is 29.8. The number of aliphatic hydroxyl groups is 2. The second kappa shape index (κ2) is 13.2. The van der Waals surface area contributed by atoms with Crippen LogP contribution >= 0.6 is 11.6 Å². The number of aromatic amines is 1. The number of ether oxygens (including phenoxy) is 2. The third-order valence-corrected chi connectivity index (χ3v) is 7.86. The molecule has 3 aromatic carbocycles. The summed E-state index contributed by atoms with van der Waals surface area (Å²) in [7, 11) is 0. The van der Waals surface area contributed by atoms with E-state index < -0.39 is 12.5 Å². The first-order chi connectivity index (χ1) is 20.2. The Morgan fingerprint density at radius 3 is 2.50 bits per heavy atom. The van der Waals surface area contributed by atoms with E-state index in [1.54, 1.807) is 0 Å². The van der Waals surface area contributed by atoms with E-state index in [9.17, 15) is 15.0 Å². The molecule has 4 aromatic rings. The molecule has 9 heteroatoms. The minimum Gasteiger partial charge on any atom is -0.493 e. The number of benzene rings is 3. The highest BCUT2D eigenvalue weighted by Gasteiger charge is 2.36. The van der Waals surface area contributed by atoms with Gasteiger partial charge in [-0.3, -0.25) is 4.79 Å². The average Bonchev–Trinajstić information content (AvgIpc) is 3.34.